The summed E-state index contributed by atoms with van der Waals surface area (Å²) >= 11 is 0. The van der Waals surface area contributed by atoms with Crippen LogP contribution in [0.15, 0.2) is 66.1 Å². The monoisotopic (exact) mass is 358 g/mol. The van der Waals surface area contributed by atoms with Gasteiger partial charge in [0.05, 0.1) is 4.90 Å². The van der Waals surface area contributed by atoms with Crippen molar-refractivity contribution in [1.29, 1.82) is 0 Å². The van der Waals surface area contributed by atoms with Gasteiger partial charge >= 0.3 is 0 Å². The first-order chi connectivity index (χ1) is 11.8. The maximum absolute atomic E-state index is 12.6. The molecule has 25 heavy (non-hydrogen) atoms. The normalized spacial score (nSPS) is 11.2. The molecule has 0 heterocycles. The Kier molecular flexibility index (Phi) is 5.98. The first-order valence-corrected chi connectivity index (χ1v) is 9.44. The first-order valence-electron chi connectivity index (χ1n) is 7.95. The average Bonchev–Trinajstić information content (AvgIpc) is 2.60. The lowest BCUT2D eigenvalue weighted by Crippen LogP contribution is -2.23. The van der Waals surface area contributed by atoms with Gasteiger partial charge in [-0.1, -0.05) is 38.1 Å². The average molecular weight is 358 g/mol. The van der Waals surface area contributed by atoms with Gasteiger partial charge in [0.1, 0.15) is 0 Å². The molecule has 0 unspecified atom stereocenters. The minimum atomic E-state index is -3.77. The van der Waals surface area contributed by atoms with Crippen LogP contribution in [-0.2, 0) is 10.0 Å². The molecule has 0 saturated heterocycles. The largest absolute Gasteiger partial charge is 0.349 e. The van der Waals surface area contributed by atoms with Gasteiger partial charge in [-0.2, -0.15) is 0 Å². The van der Waals surface area contributed by atoms with E-state index in [-0.39, 0.29) is 16.4 Å². The molecule has 0 aliphatic carbocycles. The highest BCUT2D eigenvalue weighted by Crippen LogP contribution is 2.20. The van der Waals surface area contributed by atoms with Crippen LogP contribution in [0.4, 0.5) is 5.69 Å². The highest BCUT2D eigenvalue weighted by atomic mass is 32.2. The van der Waals surface area contributed by atoms with Crippen LogP contribution in [0, 0.1) is 0 Å². The van der Waals surface area contributed by atoms with E-state index in [1.165, 1.54) is 12.1 Å². The van der Waals surface area contributed by atoms with E-state index in [4.69, 9.17) is 0 Å². The summed E-state index contributed by atoms with van der Waals surface area (Å²) in [5, 5.41) is 2.62. The Morgan fingerprint density at radius 2 is 1.84 bits per heavy atom. The molecule has 2 aromatic carbocycles. The molecule has 132 valence electrons. The zero-order valence-electron chi connectivity index (χ0n) is 14.3. The van der Waals surface area contributed by atoms with Crippen molar-refractivity contribution in [3.05, 3.63) is 72.3 Å². The second kappa shape index (κ2) is 7.98. The molecule has 0 bridgehead atoms. The van der Waals surface area contributed by atoms with E-state index in [0.29, 0.717) is 18.2 Å². The smallest absolute Gasteiger partial charge is 0.261 e. The number of carbonyl (C=O) groups excluding carboxylic acids is 1. The van der Waals surface area contributed by atoms with Gasteiger partial charge < -0.3 is 5.32 Å². The van der Waals surface area contributed by atoms with E-state index < -0.39 is 10.0 Å². The molecular weight excluding hydrogens is 336 g/mol. The minimum absolute atomic E-state index is 0.0340. The zero-order chi connectivity index (χ0) is 18.4. The fraction of sp³-hybridized carbons (Fsp3) is 0.211. The molecule has 5 nitrogen and oxygen atoms in total. The van der Waals surface area contributed by atoms with Crippen LogP contribution in [0.1, 0.15) is 35.7 Å². The number of hydrogen-bond acceptors (Lipinski definition) is 3. The Morgan fingerprint density at radius 1 is 1.16 bits per heavy atom. The Labute approximate surface area is 148 Å². The molecule has 6 heteroatoms. The lowest BCUT2D eigenvalue weighted by molar-refractivity contribution is 0.0958. The first kappa shape index (κ1) is 18.7. The maximum atomic E-state index is 12.6. The molecule has 0 spiro atoms. The van der Waals surface area contributed by atoms with E-state index >= 15 is 0 Å². The molecule has 0 aromatic heterocycles. The molecule has 0 radical (unpaired) electrons. The van der Waals surface area contributed by atoms with Crippen LogP contribution >= 0.6 is 0 Å². The molecule has 0 saturated carbocycles. The molecule has 0 aliphatic rings. The summed E-state index contributed by atoms with van der Waals surface area (Å²) in [7, 11) is -3.77. The number of amides is 1. The number of rotatable bonds is 7. The van der Waals surface area contributed by atoms with Crippen LogP contribution in [0.2, 0.25) is 0 Å². The Balaban J connectivity index is 2.21. The van der Waals surface area contributed by atoms with Gasteiger partial charge in [-0.15, -0.1) is 6.58 Å². The minimum Gasteiger partial charge on any atom is -0.349 e. The Morgan fingerprint density at radius 3 is 2.44 bits per heavy atom. The Bertz CT molecular complexity index is 856. The van der Waals surface area contributed by atoms with Crippen molar-refractivity contribution in [3.63, 3.8) is 0 Å². The van der Waals surface area contributed by atoms with Crippen molar-refractivity contribution in [2.75, 3.05) is 11.3 Å². The second-order valence-corrected chi connectivity index (χ2v) is 7.59. The van der Waals surface area contributed by atoms with Crippen molar-refractivity contribution in [2.45, 2.75) is 24.7 Å². The van der Waals surface area contributed by atoms with Gasteiger partial charge in [-0.05, 0) is 41.8 Å². The molecule has 2 aromatic rings. The molecule has 0 fully saturated rings. The number of benzene rings is 2. The van der Waals surface area contributed by atoms with Crippen molar-refractivity contribution in [3.8, 4) is 0 Å². The standard InChI is InChI=1S/C19H22N2O3S/c1-4-12-20-19(22)16-6-5-7-18(13-16)25(23,24)21-17-10-8-15(9-11-17)14(2)3/h4-11,13-14,21H,1,12H2,2-3H3,(H,20,22). The quantitative estimate of drug-likeness (QED) is 0.744. The second-order valence-electron chi connectivity index (χ2n) is 5.91. The highest BCUT2D eigenvalue weighted by molar-refractivity contribution is 7.92. The number of anilines is 1. The lowest BCUT2D eigenvalue weighted by atomic mass is 10.0. The highest BCUT2D eigenvalue weighted by Gasteiger charge is 2.16. The van der Waals surface area contributed by atoms with E-state index in [9.17, 15) is 13.2 Å². The van der Waals surface area contributed by atoms with Gasteiger partial charge in [0.2, 0.25) is 0 Å². The van der Waals surface area contributed by atoms with Gasteiger partial charge in [-0.3, -0.25) is 9.52 Å². The number of hydrogen-bond donors (Lipinski definition) is 2. The summed E-state index contributed by atoms with van der Waals surface area (Å²) in [5.41, 5.74) is 1.88. The Hall–Kier alpha value is -2.60. The molecule has 1 amide bonds. The van der Waals surface area contributed by atoms with Crippen molar-refractivity contribution in [2.24, 2.45) is 0 Å². The third-order valence-electron chi connectivity index (χ3n) is 3.64. The fourth-order valence-electron chi connectivity index (χ4n) is 2.22. The molecule has 0 aliphatic heterocycles. The van der Waals surface area contributed by atoms with Gasteiger partial charge in [0.15, 0.2) is 0 Å². The summed E-state index contributed by atoms with van der Waals surface area (Å²) in [6.45, 7) is 7.99. The van der Waals surface area contributed by atoms with E-state index in [0.717, 1.165) is 5.56 Å². The van der Waals surface area contributed by atoms with Crippen LogP contribution in [0.5, 0.6) is 0 Å². The molecular formula is C19H22N2O3S. The van der Waals surface area contributed by atoms with Gasteiger partial charge in [-0.25, -0.2) is 8.42 Å². The van der Waals surface area contributed by atoms with Crippen LogP contribution in [-0.4, -0.2) is 20.9 Å². The maximum Gasteiger partial charge on any atom is 0.261 e. The summed E-state index contributed by atoms with van der Waals surface area (Å²) < 4.78 is 27.6. The topological polar surface area (TPSA) is 75.3 Å². The third kappa shape index (κ3) is 4.93. The zero-order valence-corrected chi connectivity index (χ0v) is 15.1. The predicted molar refractivity (Wildman–Crippen MR) is 100 cm³/mol. The third-order valence-corrected chi connectivity index (χ3v) is 5.02. The van der Waals surface area contributed by atoms with E-state index in [1.807, 2.05) is 12.1 Å². The van der Waals surface area contributed by atoms with Crippen molar-refractivity contribution < 1.29 is 13.2 Å². The molecule has 2 rings (SSSR count). The van der Waals surface area contributed by atoms with Gasteiger partial charge in [0.25, 0.3) is 15.9 Å². The fourth-order valence-corrected chi connectivity index (χ4v) is 3.33. The van der Waals surface area contributed by atoms with Crippen molar-refractivity contribution >= 4 is 21.6 Å². The summed E-state index contributed by atoms with van der Waals surface area (Å²) in [4.78, 5) is 12.0. The number of sulfonamides is 1. The molecule has 0 atom stereocenters. The number of carbonyl (C=O) groups is 1. The lowest BCUT2D eigenvalue weighted by Gasteiger charge is -2.11. The van der Waals surface area contributed by atoms with Crippen LogP contribution in [0.3, 0.4) is 0 Å². The van der Waals surface area contributed by atoms with Crippen LogP contribution in [0.25, 0.3) is 0 Å². The van der Waals surface area contributed by atoms with Gasteiger partial charge in [0, 0.05) is 17.8 Å². The molecule has 2 N–H and O–H groups in total. The van der Waals surface area contributed by atoms with E-state index in [2.05, 4.69) is 30.5 Å². The number of nitrogens with one attached hydrogen (secondary N) is 2. The van der Waals surface area contributed by atoms with Crippen LogP contribution < -0.4 is 10.0 Å². The summed E-state index contributed by atoms with van der Waals surface area (Å²) in [5.74, 6) is 0.0228. The summed E-state index contributed by atoms with van der Waals surface area (Å²) in [6.07, 6.45) is 1.56. The summed E-state index contributed by atoms with van der Waals surface area (Å²) in [6, 6.07) is 13.1. The predicted octanol–water partition coefficient (Wildman–Crippen LogP) is 3.53. The SMILES string of the molecule is C=CCNC(=O)c1cccc(S(=O)(=O)Nc2ccc(C(C)C)cc2)c1. The van der Waals surface area contributed by atoms with E-state index in [1.54, 1.807) is 30.3 Å². The van der Waals surface area contributed by atoms with Crippen molar-refractivity contribution in [1.82, 2.24) is 5.32 Å².